The standard InChI is InChI=1S/C17H14ClN5S/c18-12-8-23-10(5-6-21-23)7-13(12)22-16-15-11-3-1-2-4-14(11)24-17(15)20-9-19-16/h5-9H,1-4H2,(H,19,20,22). The first-order chi connectivity index (χ1) is 11.8. The lowest BCUT2D eigenvalue weighted by molar-refractivity contribution is 0.700. The minimum atomic E-state index is 0.613. The number of nitrogens with one attached hydrogen (secondary N) is 1. The average molecular weight is 356 g/mol. The van der Waals surface area contributed by atoms with E-state index in [2.05, 4.69) is 20.4 Å². The van der Waals surface area contributed by atoms with Gasteiger partial charge in [0.2, 0.25) is 0 Å². The van der Waals surface area contributed by atoms with Gasteiger partial charge in [0.25, 0.3) is 0 Å². The van der Waals surface area contributed by atoms with Gasteiger partial charge in [-0.2, -0.15) is 5.10 Å². The number of aromatic nitrogens is 4. The van der Waals surface area contributed by atoms with E-state index in [1.54, 1.807) is 34.6 Å². The molecule has 5 rings (SSSR count). The number of anilines is 2. The maximum atomic E-state index is 6.41. The molecule has 0 amide bonds. The molecule has 0 spiro atoms. The summed E-state index contributed by atoms with van der Waals surface area (Å²) in [4.78, 5) is 11.5. The Bertz CT molecular complexity index is 1070. The second-order valence-corrected chi connectivity index (χ2v) is 7.46. The van der Waals surface area contributed by atoms with Gasteiger partial charge in [0.05, 0.1) is 21.6 Å². The second-order valence-electron chi connectivity index (χ2n) is 5.97. The van der Waals surface area contributed by atoms with Gasteiger partial charge < -0.3 is 5.32 Å². The van der Waals surface area contributed by atoms with Gasteiger partial charge in [-0.15, -0.1) is 11.3 Å². The van der Waals surface area contributed by atoms with E-state index >= 15 is 0 Å². The maximum Gasteiger partial charge on any atom is 0.142 e. The van der Waals surface area contributed by atoms with E-state index in [0.29, 0.717) is 5.02 Å². The van der Waals surface area contributed by atoms with Crippen molar-refractivity contribution in [1.82, 2.24) is 19.6 Å². The summed E-state index contributed by atoms with van der Waals surface area (Å²) in [5.41, 5.74) is 3.23. The molecule has 0 saturated carbocycles. The zero-order chi connectivity index (χ0) is 16.1. The number of nitrogens with zero attached hydrogens (tertiary/aromatic N) is 4. The molecule has 1 aliphatic rings. The zero-order valence-corrected chi connectivity index (χ0v) is 14.4. The molecular formula is C17H14ClN5S. The van der Waals surface area contributed by atoms with Crippen molar-refractivity contribution in [2.75, 3.05) is 5.32 Å². The highest BCUT2D eigenvalue weighted by Gasteiger charge is 2.20. The highest BCUT2D eigenvalue weighted by Crippen LogP contribution is 2.39. The van der Waals surface area contributed by atoms with Gasteiger partial charge in [0, 0.05) is 17.3 Å². The third-order valence-electron chi connectivity index (χ3n) is 4.49. The number of pyridine rings is 1. The van der Waals surface area contributed by atoms with Crippen molar-refractivity contribution in [1.29, 1.82) is 0 Å². The van der Waals surface area contributed by atoms with Crippen LogP contribution in [0.1, 0.15) is 23.3 Å². The highest BCUT2D eigenvalue weighted by molar-refractivity contribution is 7.19. The first kappa shape index (κ1) is 14.2. The fourth-order valence-electron chi connectivity index (χ4n) is 3.35. The summed E-state index contributed by atoms with van der Waals surface area (Å²) in [6.07, 6.45) is 9.94. The molecule has 0 saturated heterocycles. The number of hydrogen-bond acceptors (Lipinski definition) is 5. The highest BCUT2D eigenvalue weighted by atomic mass is 35.5. The van der Waals surface area contributed by atoms with E-state index in [1.165, 1.54) is 23.3 Å². The van der Waals surface area contributed by atoms with Crippen molar-refractivity contribution >= 4 is 50.2 Å². The smallest absolute Gasteiger partial charge is 0.142 e. The van der Waals surface area contributed by atoms with E-state index in [-0.39, 0.29) is 0 Å². The molecule has 0 radical (unpaired) electrons. The van der Waals surface area contributed by atoms with Crippen LogP contribution < -0.4 is 5.32 Å². The lowest BCUT2D eigenvalue weighted by Gasteiger charge is -2.13. The molecule has 1 N–H and O–H groups in total. The molecule has 4 aromatic heterocycles. The third-order valence-corrected chi connectivity index (χ3v) is 5.99. The van der Waals surface area contributed by atoms with Gasteiger partial charge in [-0.25, -0.2) is 14.5 Å². The normalized spacial score (nSPS) is 14.2. The average Bonchev–Trinajstić information content (AvgIpc) is 3.19. The van der Waals surface area contributed by atoms with Crippen LogP contribution in [0.3, 0.4) is 0 Å². The summed E-state index contributed by atoms with van der Waals surface area (Å²) in [5.74, 6) is 0.838. The van der Waals surface area contributed by atoms with E-state index < -0.39 is 0 Å². The molecule has 7 heteroatoms. The largest absolute Gasteiger partial charge is 0.338 e. The minimum absolute atomic E-state index is 0.613. The van der Waals surface area contributed by atoms with Crippen LogP contribution in [-0.2, 0) is 12.8 Å². The monoisotopic (exact) mass is 355 g/mol. The number of rotatable bonds is 2. The van der Waals surface area contributed by atoms with E-state index in [4.69, 9.17) is 11.6 Å². The maximum absolute atomic E-state index is 6.41. The Balaban J connectivity index is 1.65. The number of thiophene rings is 1. The summed E-state index contributed by atoms with van der Waals surface area (Å²) >= 11 is 8.21. The van der Waals surface area contributed by atoms with Gasteiger partial charge >= 0.3 is 0 Å². The molecule has 1 aliphatic carbocycles. The van der Waals surface area contributed by atoms with Crippen LogP contribution in [0.25, 0.3) is 15.7 Å². The van der Waals surface area contributed by atoms with Crippen LogP contribution in [0.5, 0.6) is 0 Å². The van der Waals surface area contributed by atoms with Crippen LogP contribution in [0.15, 0.2) is 30.9 Å². The molecule has 120 valence electrons. The van der Waals surface area contributed by atoms with Crippen LogP contribution in [0.4, 0.5) is 11.5 Å². The van der Waals surface area contributed by atoms with Crippen LogP contribution in [-0.4, -0.2) is 19.6 Å². The first-order valence-electron chi connectivity index (χ1n) is 7.95. The Labute approximate surface area is 147 Å². The summed E-state index contributed by atoms with van der Waals surface area (Å²) < 4.78 is 1.76. The van der Waals surface area contributed by atoms with Crippen LogP contribution >= 0.6 is 22.9 Å². The summed E-state index contributed by atoms with van der Waals surface area (Å²) in [5, 5.41) is 9.39. The fraction of sp³-hybridized carbons (Fsp3) is 0.235. The van der Waals surface area contributed by atoms with Gasteiger partial charge in [0.15, 0.2) is 0 Å². The Hall–Kier alpha value is -2.18. The summed E-state index contributed by atoms with van der Waals surface area (Å²) in [6.45, 7) is 0. The Morgan fingerprint density at radius 3 is 3.08 bits per heavy atom. The summed E-state index contributed by atoms with van der Waals surface area (Å²) in [7, 11) is 0. The number of aryl methyl sites for hydroxylation is 2. The Morgan fingerprint density at radius 1 is 1.21 bits per heavy atom. The Kier molecular flexibility index (Phi) is 3.21. The molecule has 4 aromatic rings. The molecule has 0 aromatic carbocycles. The lowest BCUT2D eigenvalue weighted by atomic mass is 9.97. The molecule has 0 fully saturated rings. The molecule has 5 nitrogen and oxygen atoms in total. The molecule has 0 unspecified atom stereocenters. The van der Waals surface area contributed by atoms with Crippen molar-refractivity contribution in [3.05, 3.63) is 46.3 Å². The van der Waals surface area contributed by atoms with Crippen molar-refractivity contribution in [2.45, 2.75) is 25.7 Å². The van der Waals surface area contributed by atoms with Crippen molar-refractivity contribution in [2.24, 2.45) is 0 Å². The van der Waals surface area contributed by atoms with E-state index in [1.807, 2.05) is 12.1 Å². The predicted molar refractivity (Wildman–Crippen MR) is 97.5 cm³/mol. The van der Waals surface area contributed by atoms with Crippen LogP contribution in [0.2, 0.25) is 5.02 Å². The fourth-order valence-corrected chi connectivity index (χ4v) is 4.77. The van der Waals surface area contributed by atoms with E-state index in [0.717, 1.165) is 40.1 Å². The quantitative estimate of drug-likeness (QED) is 0.570. The molecular weight excluding hydrogens is 342 g/mol. The van der Waals surface area contributed by atoms with Crippen molar-refractivity contribution in [3.63, 3.8) is 0 Å². The zero-order valence-electron chi connectivity index (χ0n) is 12.8. The molecule has 0 atom stereocenters. The van der Waals surface area contributed by atoms with Crippen molar-refractivity contribution in [3.8, 4) is 0 Å². The number of hydrogen-bond donors (Lipinski definition) is 1. The molecule has 4 heterocycles. The topological polar surface area (TPSA) is 55.1 Å². The van der Waals surface area contributed by atoms with Gasteiger partial charge in [-0.3, -0.25) is 0 Å². The molecule has 0 aliphatic heterocycles. The van der Waals surface area contributed by atoms with Gasteiger partial charge in [0.1, 0.15) is 17.0 Å². The van der Waals surface area contributed by atoms with Crippen molar-refractivity contribution < 1.29 is 0 Å². The lowest BCUT2D eigenvalue weighted by Crippen LogP contribution is -2.01. The second kappa shape index (κ2) is 5.43. The van der Waals surface area contributed by atoms with Gasteiger partial charge in [-0.1, -0.05) is 11.6 Å². The molecule has 24 heavy (non-hydrogen) atoms. The predicted octanol–water partition coefficient (Wildman–Crippen LogP) is 4.61. The SMILES string of the molecule is Clc1cn2nccc2cc1Nc1ncnc2sc3c(c12)CCCC3. The number of fused-ring (bicyclic) bond motifs is 4. The minimum Gasteiger partial charge on any atom is -0.338 e. The first-order valence-corrected chi connectivity index (χ1v) is 9.14. The number of halogens is 1. The van der Waals surface area contributed by atoms with E-state index in [9.17, 15) is 0 Å². The van der Waals surface area contributed by atoms with Crippen LogP contribution in [0, 0.1) is 0 Å². The Morgan fingerprint density at radius 2 is 2.12 bits per heavy atom. The molecule has 0 bridgehead atoms. The third kappa shape index (κ3) is 2.17. The van der Waals surface area contributed by atoms with Gasteiger partial charge in [-0.05, 0) is 43.4 Å². The summed E-state index contributed by atoms with van der Waals surface area (Å²) in [6, 6.07) is 3.94.